The van der Waals surface area contributed by atoms with E-state index in [0.29, 0.717) is 4.90 Å². The summed E-state index contributed by atoms with van der Waals surface area (Å²) in [6.45, 7) is 5.01. The SMILES string of the molecule is CCc1nc(NCCCc2ccc(-c3cccc(S(C)(=O)=O)c3)cc2)c2cc(C)sc2n1. The third-order valence-corrected chi connectivity index (χ3v) is 7.42. The van der Waals surface area contributed by atoms with Crippen LogP contribution in [-0.2, 0) is 22.7 Å². The number of nitrogens with one attached hydrogen (secondary N) is 1. The summed E-state index contributed by atoms with van der Waals surface area (Å²) in [5.74, 6) is 1.80. The summed E-state index contributed by atoms with van der Waals surface area (Å²) in [6.07, 6.45) is 3.99. The number of sulfone groups is 1. The molecule has 4 aromatic rings. The summed E-state index contributed by atoms with van der Waals surface area (Å²) in [5.41, 5.74) is 3.18. The van der Waals surface area contributed by atoms with E-state index in [9.17, 15) is 8.42 Å². The van der Waals surface area contributed by atoms with Crippen LogP contribution in [-0.4, -0.2) is 31.2 Å². The molecule has 0 aliphatic rings. The van der Waals surface area contributed by atoms with Crippen LogP contribution in [0.5, 0.6) is 0 Å². The second-order valence-corrected chi connectivity index (χ2v) is 11.2. The molecule has 0 atom stereocenters. The quantitative estimate of drug-likeness (QED) is 0.339. The first-order valence-electron chi connectivity index (χ1n) is 10.7. The predicted octanol–water partition coefficient (Wildman–Crippen LogP) is 5.68. The first-order chi connectivity index (χ1) is 15.3. The van der Waals surface area contributed by atoms with Gasteiger partial charge in [-0.15, -0.1) is 11.3 Å². The predicted molar refractivity (Wildman–Crippen MR) is 133 cm³/mol. The van der Waals surface area contributed by atoms with Gasteiger partial charge in [0.1, 0.15) is 16.5 Å². The Labute approximate surface area is 193 Å². The highest BCUT2D eigenvalue weighted by molar-refractivity contribution is 7.90. The summed E-state index contributed by atoms with van der Waals surface area (Å²) in [7, 11) is -3.21. The number of anilines is 1. The van der Waals surface area contributed by atoms with Crippen LogP contribution in [0.25, 0.3) is 21.3 Å². The minimum absolute atomic E-state index is 0.344. The highest BCUT2D eigenvalue weighted by Gasteiger charge is 2.10. The van der Waals surface area contributed by atoms with Gasteiger partial charge in [-0.3, -0.25) is 0 Å². The van der Waals surface area contributed by atoms with Crippen molar-refractivity contribution < 1.29 is 8.42 Å². The molecule has 5 nitrogen and oxygen atoms in total. The number of hydrogen-bond donors (Lipinski definition) is 1. The van der Waals surface area contributed by atoms with E-state index in [0.717, 1.165) is 58.8 Å². The van der Waals surface area contributed by atoms with E-state index in [-0.39, 0.29) is 0 Å². The maximum Gasteiger partial charge on any atom is 0.175 e. The van der Waals surface area contributed by atoms with Gasteiger partial charge in [-0.25, -0.2) is 18.4 Å². The molecule has 0 spiro atoms. The topological polar surface area (TPSA) is 72.0 Å². The van der Waals surface area contributed by atoms with Crippen molar-refractivity contribution in [3.8, 4) is 11.1 Å². The van der Waals surface area contributed by atoms with Crippen molar-refractivity contribution in [2.24, 2.45) is 0 Å². The number of aryl methyl sites for hydroxylation is 3. The zero-order valence-electron chi connectivity index (χ0n) is 18.6. The fraction of sp³-hybridized carbons (Fsp3) is 0.280. The lowest BCUT2D eigenvalue weighted by Crippen LogP contribution is -2.07. The van der Waals surface area contributed by atoms with Gasteiger partial charge in [-0.1, -0.05) is 43.3 Å². The van der Waals surface area contributed by atoms with E-state index < -0.39 is 9.84 Å². The molecule has 32 heavy (non-hydrogen) atoms. The van der Waals surface area contributed by atoms with E-state index in [1.165, 1.54) is 16.7 Å². The van der Waals surface area contributed by atoms with Crippen LogP contribution >= 0.6 is 11.3 Å². The first-order valence-corrected chi connectivity index (χ1v) is 13.4. The van der Waals surface area contributed by atoms with Crippen LogP contribution in [0, 0.1) is 6.92 Å². The Morgan fingerprint density at radius 3 is 2.50 bits per heavy atom. The van der Waals surface area contributed by atoms with E-state index >= 15 is 0 Å². The minimum atomic E-state index is -3.21. The number of aromatic nitrogens is 2. The van der Waals surface area contributed by atoms with Crippen molar-refractivity contribution in [1.82, 2.24) is 9.97 Å². The van der Waals surface area contributed by atoms with Crippen molar-refractivity contribution in [3.05, 3.63) is 70.9 Å². The van der Waals surface area contributed by atoms with Gasteiger partial charge < -0.3 is 5.32 Å². The molecule has 0 amide bonds. The summed E-state index contributed by atoms with van der Waals surface area (Å²) in [6, 6.07) is 17.6. The van der Waals surface area contributed by atoms with Gasteiger partial charge in [-0.05, 0) is 54.7 Å². The summed E-state index contributed by atoms with van der Waals surface area (Å²) in [4.78, 5) is 12.0. The summed E-state index contributed by atoms with van der Waals surface area (Å²) in [5, 5.41) is 4.60. The monoisotopic (exact) mass is 465 g/mol. The smallest absolute Gasteiger partial charge is 0.175 e. The second-order valence-electron chi connectivity index (χ2n) is 7.95. The molecule has 166 valence electrons. The van der Waals surface area contributed by atoms with Crippen molar-refractivity contribution in [2.45, 2.75) is 38.0 Å². The maximum absolute atomic E-state index is 11.8. The Morgan fingerprint density at radius 2 is 1.78 bits per heavy atom. The lowest BCUT2D eigenvalue weighted by Gasteiger charge is -2.09. The molecular formula is C25H27N3O2S2. The Balaban J connectivity index is 1.38. The zero-order chi connectivity index (χ0) is 22.7. The van der Waals surface area contributed by atoms with Gasteiger partial charge in [0.25, 0.3) is 0 Å². The van der Waals surface area contributed by atoms with Gasteiger partial charge in [0, 0.05) is 24.1 Å². The molecule has 7 heteroatoms. The van der Waals surface area contributed by atoms with Crippen molar-refractivity contribution in [3.63, 3.8) is 0 Å². The largest absolute Gasteiger partial charge is 0.369 e. The average Bonchev–Trinajstić information content (AvgIpc) is 3.16. The second kappa shape index (κ2) is 9.38. The molecule has 1 N–H and O–H groups in total. The van der Waals surface area contributed by atoms with E-state index in [2.05, 4.69) is 59.5 Å². The third-order valence-electron chi connectivity index (χ3n) is 5.36. The summed E-state index contributed by atoms with van der Waals surface area (Å²) < 4.78 is 23.6. The molecule has 0 saturated heterocycles. The normalized spacial score (nSPS) is 11.7. The van der Waals surface area contributed by atoms with Crippen molar-refractivity contribution in [2.75, 3.05) is 18.1 Å². The lowest BCUT2D eigenvalue weighted by atomic mass is 10.0. The van der Waals surface area contributed by atoms with E-state index in [1.54, 1.807) is 29.5 Å². The highest BCUT2D eigenvalue weighted by Crippen LogP contribution is 2.29. The molecule has 0 radical (unpaired) electrons. The Bertz CT molecular complexity index is 1340. The van der Waals surface area contributed by atoms with E-state index in [4.69, 9.17) is 0 Å². The molecule has 0 fully saturated rings. The zero-order valence-corrected chi connectivity index (χ0v) is 20.2. The molecule has 2 aromatic heterocycles. The molecule has 0 aliphatic heterocycles. The molecule has 2 heterocycles. The minimum Gasteiger partial charge on any atom is -0.369 e. The molecule has 0 saturated carbocycles. The van der Waals surface area contributed by atoms with Gasteiger partial charge in [0.05, 0.1) is 10.3 Å². The van der Waals surface area contributed by atoms with Crippen LogP contribution < -0.4 is 5.32 Å². The molecular weight excluding hydrogens is 438 g/mol. The highest BCUT2D eigenvalue weighted by atomic mass is 32.2. The molecule has 0 aliphatic carbocycles. The van der Waals surface area contributed by atoms with Crippen LogP contribution in [0.15, 0.2) is 59.5 Å². The fourth-order valence-corrected chi connectivity index (χ4v) is 5.21. The first kappa shape index (κ1) is 22.4. The number of rotatable bonds is 8. The number of thiophene rings is 1. The van der Waals surface area contributed by atoms with Crippen LogP contribution in [0.2, 0.25) is 0 Å². The van der Waals surface area contributed by atoms with Gasteiger partial charge >= 0.3 is 0 Å². The number of fused-ring (bicyclic) bond motifs is 1. The molecule has 4 rings (SSSR count). The molecule has 2 aromatic carbocycles. The average molecular weight is 466 g/mol. The third kappa shape index (κ3) is 5.16. The Hall–Kier alpha value is -2.77. The number of nitrogens with zero attached hydrogens (tertiary/aromatic N) is 2. The van der Waals surface area contributed by atoms with Crippen molar-refractivity contribution >= 4 is 37.2 Å². The Kier molecular flexibility index (Phi) is 6.58. The summed E-state index contributed by atoms with van der Waals surface area (Å²) >= 11 is 1.71. The standard InChI is InChI=1S/C25H27N3O2S2/c1-4-23-27-24(22-15-17(2)31-25(22)28-23)26-14-6-7-18-10-12-19(13-11-18)20-8-5-9-21(16-20)32(3,29)30/h5,8-13,15-16H,4,6-7,14H2,1-3H3,(H,26,27,28). The van der Waals surface area contributed by atoms with Gasteiger partial charge in [0.2, 0.25) is 0 Å². The lowest BCUT2D eigenvalue weighted by molar-refractivity contribution is 0.602. The van der Waals surface area contributed by atoms with Gasteiger partial charge in [-0.2, -0.15) is 0 Å². The maximum atomic E-state index is 11.8. The van der Waals surface area contributed by atoms with Gasteiger partial charge in [0.15, 0.2) is 9.84 Å². The molecule has 0 bridgehead atoms. The fourth-order valence-electron chi connectivity index (χ4n) is 3.65. The van der Waals surface area contributed by atoms with E-state index in [1.807, 2.05) is 6.07 Å². The number of hydrogen-bond acceptors (Lipinski definition) is 6. The molecule has 0 unspecified atom stereocenters. The van der Waals surface area contributed by atoms with Crippen LogP contribution in [0.1, 0.15) is 29.6 Å². The number of benzene rings is 2. The van der Waals surface area contributed by atoms with Crippen molar-refractivity contribution in [1.29, 1.82) is 0 Å². The van der Waals surface area contributed by atoms with Crippen LogP contribution in [0.3, 0.4) is 0 Å². The Morgan fingerprint density at radius 1 is 1.00 bits per heavy atom. The van der Waals surface area contributed by atoms with Crippen LogP contribution in [0.4, 0.5) is 5.82 Å².